The monoisotopic (exact) mass is 1280 g/mol. The SMILES string of the molecule is CCCCCCCCCCCC(=O)OC[C@H](COP(=O)(O)OC[C@H](O)COP(=O)(O)OC[C@@H](COC(=O)CCCCCCCCCCCCC(C)CC)OC(=O)CCCCCCCCCCCCC(C)CC)OC(=O)CCCCCCCCCC(C)C. The minimum Gasteiger partial charge on any atom is -0.462 e. The Labute approximate surface area is 530 Å². The van der Waals surface area contributed by atoms with Crippen LogP contribution >= 0.6 is 15.6 Å². The Hall–Kier alpha value is -1.94. The molecule has 0 radical (unpaired) electrons. The molecule has 0 saturated heterocycles. The molecule has 0 aromatic carbocycles. The lowest BCUT2D eigenvalue weighted by atomic mass is 9.99. The van der Waals surface area contributed by atoms with Crippen molar-refractivity contribution in [1.82, 2.24) is 0 Å². The van der Waals surface area contributed by atoms with Crippen molar-refractivity contribution < 1.29 is 80.2 Å². The third-order valence-electron chi connectivity index (χ3n) is 16.4. The van der Waals surface area contributed by atoms with Crippen LogP contribution in [-0.2, 0) is 65.4 Å². The summed E-state index contributed by atoms with van der Waals surface area (Å²) in [5.74, 6) is 0.176. The van der Waals surface area contributed by atoms with Crippen molar-refractivity contribution in [3.05, 3.63) is 0 Å². The highest BCUT2D eigenvalue weighted by Crippen LogP contribution is 2.45. The predicted molar refractivity (Wildman–Crippen MR) is 349 cm³/mol. The van der Waals surface area contributed by atoms with Crippen LogP contribution in [0.1, 0.15) is 337 Å². The van der Waals surface area contributed by atoms with Gasteiger partial charge in [0.2, 0.25) is 0 Å². The second kappa shape index (κ2) is 59.1. The summed E-state index contributed by atoms with van der Waals surface area (Å²) < 4.78 is 68.2. The smallest absolute Gasteiger partial charge is 0.462 e. The van der Waals surface area contributed by atoms with Gasteiger partial charge in [-0.2, -0.15) is 0 Å². The Morgan fingerprint density at radius 3 is 0.874 bits per heavy atom. The normalized spacial score (nSPS) is 14.9. The van der Waals surface area contributed by atoms with Crippen LogP contribution in [-0.4, -0.2) is 96.7 Å². The van der Waals surface area contributed by atoms with Gasteiger partial charge < -0.3 is 33.8 Å². The van der Waals surface area contributed by atoms with E-state index in [4.69, 9.17) is 37.0 Å². The number of hydrogen-bond donors (Lipinski definition) is 3. The fraction of sp³-hybridized carbons (Fsp3) is 0.941. The van der Waals surface area contributed by atoms with Crippen molar-refractivity contribution in [2.75, 3.05) is 39.6 Å². The van der Waals surface area contributed by atoms with Gasteiger partial charge >= 0.3 is 39.5 Å². The number of ether oxygens (including phenoxy) is 4. The van der Waals surface area contributed by atoms with Crippen molar-refractivity contribution >= 4 is 39.5 Å². The molecule has 0 rings (SSSR count). The molecule has 516 valence electrons. The number of carbonyl (C=O) groups is 4. The molecule has 4 unspecified atom stereocenters. The number of phosphoric ester groups is 2. The maximum absolute atomic E-state index is 13.0. The van der Waals surface area contributed by atoms with Crippen LogP contribution in [0.2, 0.25) is 0 Å². The molecule has 0 fully saturated rings. The summed E-state index contributed by atoms with van der Waals surface area (Å²) >= 11 is 0. The number of aliphatic hydroxyl groups excluding tert-OH is 1. The van der Waals surface area contributed by atoms with Gasteiger partial charge in [0.05, 0.1) is 26.4 Å². The number of hydrogen-bond acceptors (Lipinski definition) is 15. The topological polar surface area (TPSA) is 237 Å². The van der Waals surface area contributed by atoms with Gasteiger partial charge in [-0.15, -0.1) is 0 Å². The van der Waals surface area contributed by atoms with Crippen molar-refractivity contribution in [1.29, 1.82) is 0 Å². The van der Waals surface area contributed by atoms with E-state index in [1.54, 1.807) is 0 Å². The third-order valence-corrected chi connectivity index (χ3v) is 18.3. The standard InChI is InChI=1S/C68H132O17P2/c1-8-11-12-13-14-19-28-35-42-49-65(70)78-56-64(85-68(73)52-45-38-31-24-25-32-39-46-59(4)5)58-83-87(76,77)81-54-62(69)53-80-86(74,75)82-57-63(84-67(72)51-44-37-30-23-18-16-21-27-34-41-48-61(7)10-3)55-79-66(71)50-43-36-29-22-17-15-20-26-33-40-47-60(6)9-2/h59-64,69H,8-58H2,1-7H3,(H,74,75)(H,76,77)/t60?,61?,62-,63-,64-/m1/s1. The molecule has 0 aromatic heterocycles. The van der Waals surface area contributed by atoms with Crippen LogP contribution < -0.4 is 0 Å². The molecule has 3 N–H and O–H groups in total. The number of phosphoric acid groups is 2. The van der Waals surface area contributed by atoms with Crippen molar-refractivity contribution in [2.45, 2.75) is 356 Å². The van der Waals surface area contributed by atoms with Gasteiger partial charge in [0.25, 0.3) is 0 Å². The molecule has 87 heavy (non-hydrogen) atoms. The van der Waals surface area contributed by atoms with Crippen LogP contribution in [0.25, 0.3) is 0 Å². The van der Waals surface area contributed by atoms with E-state index < -0.39 is 97.5 Å². The molecule has 0 aliphatic carbocycles. The van der Waals surface area contributed by atoms with Gasteiger partial charge in [0, 0.05) is 25.7 Å². The zero-order valence-electron chi connectivity index (χ0n) is 56.5. The summed E-state index contributed by atoms with van der Waals surface area (Å²) in [6.07, 6.45) is 41.6. The zero-order valence-corrected chi connectivity index (χ0v) is 58.3. The summed E-state index contributed by atoms with van der Waals surface area (Å²) in [6.45, 7) is 11.8. The van der Waals surface area contributed by atoms with E-state index in [0.29, 0.717) is 31.6 Å². The van der Waals surface area contributed by atoms with E-state index in [2.05, 4.69) is 48.5 Å². The van der Waals surface area contributed by atoms with Crippen molar-refractivity contribution in [3.63, 3.8) is 0 Å². The minimum atomic E-state index is -4.95. The van der Waals surface area contributed by atoms with Gasteiger partial charge in [-0.3, -0.25) is 37.3 Å². The maximum atomic E-state index is 13.0. The van der Waals surface area contributed by atoms with Crippen molar-refractivity contribution in [3.8, 4) is 0 Å². The van der Waals surface area contributed by atoms with E-state index in [1.807, 2.05) is 0 Å². The third kappa shape index (κ3) is 60.1. The zero-order chi connectivity index (χ0) is 64.5. The summed E-state index contributed by atoms with van der Waals surface area (Å²) in [5.41, 5.74) is 0. The maximum Gasteiger partial charge on any atom is 0.472 e. The van der Waals surface area contributed by atoms with Crippen LogP contribution in [0.15, 0.2) is 0 Å². The second-order valence-electron chi connectivity index (χ2n) is 25.5. The van der Waals surface area contributed by atoms with Crippen LogP contribution in [0, 0.1) is 17.8 Å². The van der Waals surface area contributed by atoms with E-state index in [1.165, 1.54) is 148 Å². The molecule has 0 aliphatic rings. The molecular weight excluding hydrogens is 1150 g/mol. The van der Waals surface area contributed by atoms with Gasteiger partial charge in [-0.05, 0) is 43.4 Å². The second-order valence-corrected chi connectivity index (χ2v) is 28.4. The van der Waals surface area contributed by atoms with Crippen LogP contribution in [0.4, 0.5) is 0 Å². The molecule has 19 heteroatoms. The summed E-state index contributed by atoms with van der Waals surface area (Å²) in [7, 11) is -9.90. The average Bonchev–Trinajstić information content (AvgIpc) is 3.59. The lowest BCUT2D eigenvalue weighted by molar-refractivity contribution is -0.161. The highest BCUT2D eigenvalue weighted by Gasteiger charge is 2.30. The molecule has 0 spiro atoms. The summed E-state index contributed by atoms with van der Waals surface area (Å²) in [4.78, 5) is 72.4. The fourth-order valence-electron chi connectivity index (χ4n) is 10.1. The fourth-order valence-corrected chi connectivity index (χ4v) is 11.7. The Balaban J connectivity index is 5.25. The number of rotatable bonds is 66. The van der Waals surface area contributed by atoms with E-state index >= 15 is 0 Å². The molecule has 0 heterocycles. The highest BCUT2D eigenvalue weighted by atomic mass is 31.2. The average molecular weight is 1280 g/mol. The van der Waals surface area contributed by atoms with E-state index in [-0.39, 0.29) is 25.7 Å². The molecule has 0 amide bonds. The van der Waals surface area contributed by atoms with Gasteiger partial charge in [0.15, 0.2) is 12.2 Å². The van der Waals surface area contributed by atoms with Crippen molar-refractivity contribution in [2.24, 2.45) is 17.8 Å². The van der Waals surface area contributed by atoms with Gasteiger partial charge in [-0.1, -0.05) is 286 Å². The Morgan fingerprint density at radius 1 is 0.333 bits per heavy atom. The first-order valence-electron chi connectivity index (χ1n) is 35.4. The Bertz CT molecular complexity index is 1720. The number of aliphatic hydroxyl groups is 1. The number of esters is 4. The van der Waals surface area contributed by atoms with Gasteiger partial charge in [-0.25, -0.2) is 9.13 Å². The van der Waals surface area contributed by atoms with E-state index in [9.17, 15) is 43.2 Å². The summed E-state index contributed by atoms with van der Waals surface area (Å²) in [5, 5.41) is 10.6. The molecule has 0 saturated carbocycles. The predicted octanol–water partition coefficient (Wildman–Crippen LogP) is 19.1. The highest BCUT2D eigenvalue weighted by molar-refractivity contribution is 7.47. The quantitative estimate of drug-likeness (QED) is 0.0222. The first-order chi connectivity index (χ1) is 41.8. The first-order valence-corrected chi connectivity index (χ1v) is 38.4. The Kier molecular flexibility index (Phi) is 57.8. The molecule has 0 bridgehead atoms. The lowest BCUT2D eigenvalue weighted by Crippen LogP contribution is -2.30. The minimum absolute atomic E-state index is 0.103. The molecular formula is C68H132O17P2. The molecule has 0 aliphatic heterocycles. The number of unbranched alkanes of at least 4 members (excludes halogenated alkanes) is 32. The van der Waals surface area contributed by atoms with Gasteiger partial charge in [0.1, 0.15) is 19.3 Å². The molecule has 0 aromatic rings. The summed E-state index contributed by atoms with van der Waals surface area (Å²) in [6, 6.07) is 0. The lowest BCUT2D eigenvalue weighted by Gasteiger charge is -2.21. The largest absolute Gasteiger partial charge is 0.472 e. The van der Waals surface area contributed by atoms with E-state index in [0.717, 1.165) is 102 Å². The first kappa shape index (κ1) is 85.1. The number of carbonyl (C=O) groups excluding carboxylic acids is 4. The van der Waals surface area contributed by atoms with Crippen LogP contribution in [0.3, 0.4) is 0 Å². The molecule has 7 atom stereocenters. The Morgan fingerprint density at radius 2 is 0.586 bits per heavy atom. The van der Waals surface area contributed by atoms with Crippen LogP contribution in [0.5, 0.6) is 0 Å². The molecule has 17 nitrogen and oxygen atoms in total.